The Morgan fingerprint density at radius 1 is 0.909 bits per heavy atom. The summed E-state index contributed by atoms with van der Waals surface area (Å²) in [5.74, 6) is 2.37. The third-order valence-corrected chi connectivity index (χ3v) is 6.80. The van der Waals surface area contributed by atoms with Crippen molar-refractivity contribution in [3.63, 3.8) is 0 Å². The van der Waals surface area contributed by atoms with Crippen molar-refractivity contribution < 1.29 is 4.74 Å². The van der Waals surface area contributed by atoms with Crippen LogP contribution in [0.1, 0.15) is 12.6 Å². The summed E-state index contributed by atoms with van der Waals surface area (Å²) >= 11 is 3.27. The number of thioether (sulfide) groups is 1. The highest BCUT2D eigenvalue weighted by Crippen LogP contribution is 2.31. The first kappa shape index (κ1) is 21.4. The Hall–Kier alpha value is -3.49. The first-order valence-corrected chi connectivity index (χ1v) is 12.4. The van der Waals surface area contributed by atoms with E-state index in [1.165, 1.54) is 0 Å². The Labute approximate surface area is 200 Å². The third-order valence-electron chi connectivity index (χ3n) is 4.90. The highest BCUT2D eigenvalue weighted by molar-refractivity contribution is 7.98. The summed E-state index contributed by atoms with van der Waals surface area (Å²) in [5, 5.41) is 12.9. The zero-order valence-electron chi connectivity index (χ0n) is 18.0. The minimum atomic E-state index is 0.661. The van der Waals surface area contributed by atoms with Crippen LogP contribution >= 0.6 is 23.1 Å². The van der Waals surface area contributed by atoms with Gasteiger partial charge in [-0.15, -0.1) is 21.5 Å². The van der Waals surface area contributed by atoms with E-state index in [0.717, 1.165) is 44.2 Å². The molecule has 0 amide bonds. The maximum atomic E-state index is 5.53. The van der Waals surface area contributed by atoms with E-state index in [1.54, 1.807) is 35.5 Å². The van der Waals surface area contributed by atoms with Crippen LogP contribution in [-0.2, 0) is 5.75 Å². The number of hydrogen-bond acceptors (Lipinski definition) is 7. The molecule has 33 heavy (non-hydrogen) atoms. The van der Waals surface area contributed by atoms with Crippen molar-refractivity contribution >= 4 is 23.1 Å². The van der Waals surface area contributed by atoms with Crippen LogP contribution in [0.5, 0.6) is 5.75 Å². The minimum absolute atomic E-state index is 0.661. The molecule has 5 aromatic rings. The van der Waals surface area contributed by atoms with Crippen molar-refractivity contribution in [1.82, 2.24) is 24.7 Å². The zero-order valence-corrected chi connectivity index (χ0v) is 19.6. The van der Waals surface area contributed by atoms with E-state index in [2.05, 4.69) is 37.3 Å². The highest BCUT2D eigenvalue weighted by atomic mass is 32.2. The summed E-state index contributed by atoms with van der Waals surface area (Å²) in [4.78, 5) is 8.95. The largest absolute Gasteiger partial charge is 0.494 e. The Kier molecular flexibility index (Phi) is 6.46. The number of thiazole rings is 1. The van der Waals surface area contributed by atoms with Gasteiger partial charge in [0.25, 0.3) is 0 Å². The molecule has 2 aromatic carbocycles. The topological polar surface area (TPSA) is 65.7 Å². The smallest absolute Gasteiger partial charge is 0.196 e. The van der Waals surface area contributed by atoms with Crippen molar-refractivity contribution in [1.29, 1.82) is 0 Å². The molecule has 0 aliphatic carbocycles. The van der Waals surface area contributed by atoms with Crippen LogP contribution in [0, 0.1) is 0 Å². The van der Waals surface area contributed by atoms with E-state index in [9.17, 15) is 0 Å². The Bertz CT molecular complexity index is 1320. The van der Waals surface area contributed by atoms with Crippen molar-refractivity contribution in [3.05, 3.63) is 90.2 Å². The number of nitrogens with zero attached hydrogens (tertiary/aromatic N) is 5. The van der Waals surface area contributed by atoms with Gasteiger partial charge in [-0.25, -0.2) is 4.98 Å². The minimum Gasteiger partial charge on any atom is -0.494 e. The van der Waals surface area contributed by atoms with Crippen molar-refractivity contribution in [2.45, 2.75) is 17.8 Å². The lowest BCUT2D eigenvalue weighted by Crippen LogP contribution is -1.99. The third kappa shape index (κ3) is 4.81. The lowest BCUT2D eigenvalue weighted by atomic mass is 10.2. The van der Waals surface area contributed by atoms with Crippen LogP contribution in [0.2, 0.25) is 0 Å². The molecule has 6 nitrogen and oxygen atoms in total. The standard InChI is InChI=1S/C25H21N5OS2/c1-2-31-22-10-8-19(9-11-22)24-27-20(16-32-24)17-33-25-29-28-23(18-12-14-26-15-13-18)30(25)21-6-4-3-5-7-21/h3-16H,2,17H2,1H3. The second-order valence-corrected chi connectivity index (χ2v) is 8.90. The van der Waals surface area contributed by atoms with Gasteiger partial charge in [0, 0.05) is 40.3 Å². The molecule has 0 fully saturated rings. The van der Waals surface area contributed by atoms with Crippen molar-refractivity contribution in [2.75, 3.05) is 6.61 Å². The second-order valence-electron chi connectivity index (χ2n) is 7.10. The molecule has 0 bridgehead atoms. The molecule has 0 spiro atoms. The molecule has 164 valence electrons. The van der Waals surface area contributed by atoms with E-state index >= 15 is 0 Å². The number of rotatable bonds is 8. The quantitative estimate of drug-likeness (QED) is 0.253. The number of benzene rings is 2. The number of hydrogen-bond donors (Lipinski definition) is 0. The van der Waals surface area contributed by atoms with Crippen LogP contribution in [0.4, 0.5) is 0 Å². The Morgan fingerprint density at radius 3 is 2.45 bits per heavy atom. The molecule has 0 N–H and O–H groups in total. The highest BCUT2D eigenvalue weighted by Gasteiger charge is 2.17. The van der Waals surface area contributed by atoms with Crippen LogP contribution in [0.3, 0.4) is 0 Å². The Balaban J connectivity index is 1.38. The SMILES string of the molecule is CCOc1ccc(-c2nc(CSc3nnc(-c4ccncc4)n3-c3ccccc3)cs2)cc1. The van der Waals surface area contributed by atoms with E-state index in [1.807, 2.05) is 61.5 Å². The van der Waals surface area contributed by atoms with Crippen LogP contribution < -0.4 is 4.74 Å². The first-order valence-electron chi connectivity index (χ1n) is 10.5. The van der Waals surface area contributed by atoms with Gasteiger partial charge in [0.2, 0.25) is 0 Å². The summed E-state index contributed by atoms with van der Waals surface area (Å²) in [5.41, 5.74) is 4.10. The molecular formula is C25H21N5OS2. The Morgan fingerprint density at radius 2 is 1.70 bits per heavy atom. The van der Waals surface area contributed by atoms with Crippen LogP contribution in [0.15, 0.2) is 89.7 Å². The predicted octanol–water partition coefficient (Wildman–Crippen LogP) is 6.14. The fraction of sp³-hybridized carbons (Fsp3) is 0.120. The number of aromatic nitrogens is 5. The first-order chi connectivity index (χ1) is 16.3. The monoisotopic (exact) mass is 471 g/mol. The van der Waals surface area contributed by atoms with Gasteiger partial charge >= 0.3 is 0 Å². The fourth-order valence-corrected chi connectivity index (χ4v) is 5.14. The van der Waals surface area contributed by atoms with E-state index in [0.29, 0.717) is 12.4 Å². The van der Waals surface area contributed by atoms with Gasteiger partial charge in [-0.3, -0.25) is 9.55 Å². The zero-order chi connectivity index (χ0) is 22.5. The van der Waals surface area contributed by atoms with E-state index in [-0.39, 0.29) is 0 Å². The number of ether oxygens (including phenoxy) is 1. The lowest BCUT2D eigenvalue weighted by molar-refractivity contribution is 0.340. The normalized spacial score (nSPS) is 10.9. The summed E-state index contributed by atoms with van der Waals surface area (Å²) in [6.07, 6.45) is 3.54. The molecule has 8 heteroatoms. The molecule has 3 aromatic heterocycles. The maximum absolute atomic E-state index is 5.53. The molecule has 0 saturated carbocycles. The lowest BCUT2D eigenvalue weighted by Gasteiger charge is -2.09. The van der Waals surface area contributed by atoms with E-state index in [4.69, 9.17) is 9.72 Å². The maximum Gasteiger partial charge on any atom is 0.196 e. The van der Waals surface area contributed by atoms with Gasteiger partial charge in [0.1, 0.15) is 10.8 Å². The van der Waals surface area contributed by atoms with Gasteiger partial charge in [-0.2, -0.15) is 0 Å². The molecule has 0 aliphatic rings. The molecule has 0 aliphatic heterocycles. The van der Waals surface area contributed by atoms with Crippen molar-refractivity contribution in [2.24, 2.45) is 0 Å². The van der Waals surface area contributed by atoms with Crippen LogP contribution in [-0.4, -0.2) is 31.3 Å². The number of pyridine rings is 1. The molecule has 0 unspecified atom stereocenters. The van der Waals surface area contributed by atoms with Gasteiger partial charge in [-0.05, 0) is 55.5 Å². The van der Waals surface area contributed by atoms with Crippen molar-refractivity contribution in [3.8, 4) is 33.4 Å². The molecular weight excluding hydrogens is 450 g/mol. The molecule has 3 heterocycles. The average Bonchev–Trinajstić information content (AvgIpc) is 3.52. The second kappa shape index (κ2) is 9.97. The van der Waals surface area contributed by atoms with Gasteiger partial charge in [0.15, 0.2) is 11.0 Å². The van der Waals surface area contributed by atoms with Gasteiger partial charge in [0.05, 0.1) is 12.3 Å². The predicted molar refractivity (Wildman–Crippen MR) is 133 cm³/mol. The fourth-order valence-electron chi connectivity index (χ4n) is 3.37. The summed E-state index contributed by atoms with van der Waals surface area (Å²) in [6.45, 7) is 2.64. The van der Waals surface area contributed by atoms with Gasteiger partial charge < -0.3 is 4.74 Å². The molecule has 0 atom stereocenters. The molecule has 0 radical (unpaired) electrons. The van der Waals surface area contributed by atoms with E-state index < -0.39 is 0 Å². The molecule has 0 saturated heterocycles. The van der Waals surface area contributed by atoms with Crippen LogP contribution in [0.25, 0.3) is 27.6 Å². The summed E-state index contributed by atoms with van der Waals surface area (Å²) in [7, 11) is 0. The summed E-state index contributed by atoms with van der Waals surface area (Å²) in [6, 6.07) is 22.1. The average molecular weight is 472 g/mol. The number of para-hydroxylation sites is 1. The summed E-state index contributed by atoms with van der Waals surface area (Å²) < 4.78 is 7.62. The van der Waals surface area contributed by atoms with Gasteiger partial charge in [-0.1, -0.05) is 30.0 Å². The molecule has 5 rings (SSSR count).